The van der Waals surface area contributed by atoms with Crippen LogP contribution in [0, 0.1) is 0 Å². The van der Waals surface area contributed by atoms with Gasteiger partial charge in [0, 0.05) is 51.5 Å². The Hall–Kier alpha value is -2.53. The first kappa shape index (κ1) is 23.2. The van der Waals surface area contributed by atoms with E-state index in [-0.39, 0.29) is 16.8 Å². The van der Waals surface area contributed by atoms with Crippen molar-refractivity contribution in [2.24, 2.45) is 0 Å². The minimum absolute atomic E-state index is 0.0675. The average molecular weight is 486 g/mol. The fourth-order valence-electron chi connectivity index (χ4n) is 4.53. The standard InChI is InChI=1S/C24H31N5O4S/c30-24(26-20-6-7-20)23(19-4-2-1-3-5-19)28-12-10-27(11-13-28)22-9-8-21(18-25-22)34(31,32)29-14-16-33-17-15-29/h1-5,8-9,18,20,23H,6-7,10-17H2,(H,26,30). The highest BCUT2D eigenvalue weighted by Crippen LogP contribution is 2.27. The molecule has 0 radical (unpaired) electrons. The lowest BCUT2D eigenvalue weighted by Crippen LogP contribution is -2.51. The third-order valence-corrected chi connectivity index (χ3v) is 8.50. The minimum atomic E-state index is -3.55. The summed E-state index contributed by atoms with van der Waals surface area (Å²) in [4.78, 5) is 22.1. The van der Waals surface area contributed by atoms with Gasteiger partial charge in [0.1, 0.15) is 16.8 Å². The normalized spacial score (nSPS) is 21.2. The number of carbonyl (C=O) groups is 1. The number of ether oxygens (including phenoxy) is 1. The molecule has 2 aliphatic heterocycles. The Morgan fingerprint density at radius 3 is 2.29 bits per heavy atom. The molecular formula is C24H31N5O4S. The largest absolute Gasteiger partial charge is 0.379 e. The molecule has 34 heavy (non-hydrogen) atoms. The topological polar surface area (TPSA) is 95.1 Å². The van der Waals surface area contributed by atoms with Crippen molar-refractivity contribution in [1.29, 1.82) is 0 Å². The highest BCUT2D eigenvalue weighted by atomic mass is 32.2. The van der Waals surface area contributed by atoms with Crippen molar-refractivity contribution >= 4 is 21.7 Å². The maximum Gasteiger partial charge on any atom is 0.244 e. The van der Waals surface area contributed by atoms with E-state index in [4.69, 9.17) is 4.74 Å². The van der Waals surface area contributed by atoms with E-state index < -0.39 is 10.0 Å². The zero-order valence-electron chi connectivity index (χ0n) is 19.2. The number of benzene rings is 1. The van der Waals surface area contributed by atoms with Gasteiger partial charge >= 0.3 is 0 Å². The summed E-state index contributed by atoms with van der Waals surface area (Å²) in [7, 11) is -3.55. The maximum atomic E-state index is 13.1. The van der Waals surface area contributed by atoms with Gasteiger partial charge in [-0.05, 0) is 30.5 Å². The Morgan fingerprint density at radius 2 is 1.68 bits per heavy atom. The summed E-state index contributed by atoms with van der Waals surface area (Å²) < 4.78 is 32.4. The number of sulfonamides is 1. The number of nitrogens with one attached hydrogen (secondary N) is 1. The Morgan fingerprint density at radius 1 is 0.971 bits per heavy atom. The predicted molar refractivity (Wildman–Crippen MR) is 128 cm³/mol. The summed E-state index contributed by atoms with van der Waals surface area (Å²) in [5.41, 5.74) is 1.00. The second-order valence-corrected chi connectivity index (χ2v) is 10.9. The zero-order valence-corrected chi connectivity index (χ0v) is 20.0. The molecular weight excluding hydrogens is 454 g/mol. The molecule has 3 aliphatic rings. The molecule has 1 atom stereocenters. The Kier molecular flexibility index (Phi) is 6.82. The van der Waals surface area contributed by atoms with Crippen LogP contribution in [-0.4, -0.2) is 87.0 Å². The van der Waals surface area contributed by atoms with E-state index in [1.54, 1.807) is 12.1 Å². The fraction of sp³-hybridized carbons (Fsp3) is 0.500. The van der Waals surface area contributed by atoms with Gasteiger partial charge in [-0.2, -0.15) is 4.31 Å². The summed E-state index contributed by atoms with van der Waals surface area (Å²) in [6.45, 7) is 4.41. The average Bonchev–Trinajstić information content (AvgIpc) is 3.70. The first-order chi connectivity index (χ1) is 16.5. The molecule has 1 saturated carbocycles. The number of aromatic nitrogens is 1. The molecule has 0 spiro atoms. The van der Waals surface area contributed by atoms with E-state index >= 15 is 0 Å². The number of hydrogen-bond donors (Lipinski definition) is 1. The van der Waals surface area contributed by atoms with Crippen LogP contribution in [0.3, 0.4) is 0 Å². The van der Waals surface area contributed by atoms with E-state index in [2.05, 4.69) is 20.1 Å². The lowest BCUT2D eigenvalue weighted by molar-refractivity contribution is -0.127. The molecule has 1 unspecified atom stereocenters. The quantitative estimate of drug-likeness (QED) is 0.631. The molecule has 10 heteroatoms. The summed E-state index contributed by atoms with van der Waals surface area (Å²) >= 11 is 0. The van der Waals surface area contributed by atoms with Gasteiger partial charge in [-0.1, -0.05) is 30.3 Å². The molecule has 2 saturated heterocycles. The number of pyridine rings is 1. The number of anilines is 1. The summed E-state index contributed by atoms with van der Waals surface area (Å²) in [6, 6.07) is 13.4. The van der Waals surface area contributed by atoms with Crippen LogP contribution in [0.1, 0.15) is 24.4 Å². The molecule has 1 aromatic heterocycles. The smallest absolute Gasteiger partial charge is 0.244 e. The third kappa shape index (κ3) is 5.10. The molecule has 0 bridgehead atoms. The number of nitrogens with zero attached hydrogens (tertiary/aromatic N) is 4. The number of morpholine rings is 1. The van der Waals surface area contributed by atoms with Gasteiger partial charge in [-0.25, -0.2) is 13.4 Å². The van der Waals surface area contributed by atoms with Crippen LogP contribution >= 0.6 is 0 Å². The fourth-order valence-corrected chi connectivity index (χ4v) is 5.88. The Bertz CT molecular complexity index is 1080. The Labute approximate surface area is 200 Å². The number of piperazine rings is 1. The molecule has 2 aromatic rings. The highest BCUT2D eigenvalue weighted by Gasteiger charge is 2.34. The molecule has 3 heterocycles. The maximum absolute atomic E-state index is 13.1. The number of hydrogen-bond acceptors (Lipinski definition) is 7. The van der Waals surface area contributed by atoms with Crippen molar-refractivity contribution in [2.75, 3.05) is 57.4 Å². The van der Waals surface area contributed by atoms with Crippen LogP contribution in [0.2, 0.25) is 0 Å². The summed E-state index contributed by atoms with van der Waals surface area (Å²) in [6.07, 6.45) is 3.57. The van der Waals surface area contributed by atoms with Gasteiger partial charge < -0.3 is 15.0 Å². The van der Waals surface area contributed by atoms with Gasteiger partial charge in [0.2, 0.25) is 15.9 Å². The number of rotatable bonds is 7. The molecule has 9 nitrogen and oxygen atoms in total. The van der Waals surface area contributed by atoms with Crippen molar-refractivity contribution in [2.45, 2.75) is 29.8 Å². The van der Waals surface area contributed by atoms with Gasteiger partial charge in [0.05, 0.1) is 13.2 Å². The summed E-state index contributed by atoms with van der Waals surface area (Å²) in [5.74, 6) is 0.817. The zero-order chi connectivity index (χ0) is 23.5. The van der Waals surface area contributed by atoms with E-state index in [0.717, 1.165) is 24.2 Å². The van der Waals surface area contributed by atoms with Crippen molar-refractivity contribution in [3.05, 3.63) is 54.2 Å². The lowest BCUT2D eigenvalue weighted by Gasteiger charge is -2.39. The number of carbonyl (C=O) groups excluding carboxylic acids is 1. The monoisotopic (exact) mass is 485 g/mol. The second-order valence-electron chi connectivity index (χ2n) is 8.99. The molecule has 1 aliphatic carbocycles. The van der Waals surface area contributed by atoms with Crippen LogP contribution in [0.25, 0.3) is 0 Å². The lowest BCUT2D eigenvalue weighted by atomic mass is 10.0. The van der Waals surface area contributed by atoms with E-state index in [1.807, 2.05) is 30.3 Å². The Balaban J connectivity index is 1.24. The van der Waals surface area contributed by atoms with Crippen molar-refractivity contribution < 1.29 is 17.9 Å². The first-order valence-electron chi connectivity index (χ1n) is 11.9. The molecule has 1 N–H and O–H groups in total. The highest BCUT2D eigenvalue weighted by molar-refractivity contribution is 7.89. The van der Waals surface area contributed by atoms with Crippen LogP contribution < -0.4 is 10.2 Å². The van der Waals surface area contributed by atoms with Crippen molar-refractivity contribution in [3.63, 3.8) is 0 Å². The predicted octanol–water partition coefficient (Wildman–Crippen LogP) is 1.24. The van der Waals surface area contributed by atoms with Crippen molar-refractivity contribution in [3.8, 4) is 0 Å². The molecule has 5 rings (SSSR count). The summed E-state index contributed by atoms with van der Waals surface area (Å²) in [5, 5.41) is 3.16. The van der Waals surface area contributed by atoms with Crippen LogP contribution in [-0.2, 0) is 19.6 Å². The third-order valence-electron chi connectivity index (χ3n) is 6.62. The van der Waals surface area contributed by atoms with Crippen LogP contribution in [0.4, 0.5) is 5.82 Å². The molecule has 182 valence electrons. The van der Waals surface area contributed by atoms with Crippen LogP contribution in [0.5, 0.6) is 0 Å². The van der Waals surface area contributed by atoms with Gasteiger partial charge in [-0.3, -0.25) is 9.69 Å². The van der Waals surface area contributed by atoms with Crippen LogP contribution in [0.15, 0.2) is 53.6 Å². The van der Waals surface area contributed by atoms with E-state index in [1.165, 1.54) is 10.5 Å². The van der Waals surface area contributed by atoms with E-state index in [0.29, 0.717) is 58.5 Å². The molecule has 3 fully saturated rings. The molecule has 1 aromatic carbocycles. The van der Waals surface area contributed by atoms with Gasteiger partial charge in [0.15, 0.2) is 0 Å². The minimum Gasteiger partial charge on any atom is -0.379 e. The number of amides is 1. The van der Waals surface area contributed by atoms with Crippen molar-refractivity contribution in [1.82, 2.24) is 19.5 Å². The van der Waals surface area contributed by atoms with Gasteiger partial charge in [-0.15, -0.1) is 0 Å². The second kappa shape index (κ2) is 9.99. The first-order valence-corrected chi connectivity index (χ1v) is 13.3. The molecule has 1 amide bonds. The van der Waals surface area contributed by atoms with E-state index in [9.17, 15) is 13.2 Å². The SMILES string of the molecule is O=C(NC1CC1)C(c1ccccc1)N1CCN(c2ccc(S(=O)(=O)N3CCOCC3)cn2)CC1. The van der Waals surface area contributed by atoms with Gasteiger partial charge in [0.25, 0.3) is 0 Å².